The number of nitrogen functional groups attached to an aromatic ring is 1. The van der Waals surface area contributed by atoms with Gasteiger partial charge in [-0.1, -0.05) is 0 Å². The molecule has 1 atom stereocenters. The third kappa shape index (κ3) is 2.18. The monoisotopic (exact) mass is 248 g/mol. The number of rotatable bonds is 2. The molecule has 2 aromatic heterocycles. The number of hydrogen-bond donors (Lipinski definition) is 2. The van der Waals surface area contributed by atoms with Crippen LogP contribution in [0.5, 0.6) is 0 Å². The second-order valence-electron chi connectivity index (χ2n) is 4.43. The zero-order chi connectivity index (χ0) is 12.6. The van der Waals surface area contributed by atoms with E-state index in [9.17, 15) is 5.11 Å². The van der Waals surface area contributed by atoms with E-state index in [2.05, 4.69) is 4.98 Å². The number of anilines is 1. The van der Waals surface area contributed by atoms with Crippen molar-refractivity contribution in [2.24, 2.45) is 0 Å². The van der Waals surface area contributed by atoms with E-state index in [1.807, 2.05) is 32.0 Å². The van der Waals surface area contributed by atoms with Crippen LogP contribution >= 0.6 is 11.3 Å². The van der Waals surface area contributed by atoms with E-state index in [-0.39, 0.29) is 0 Å². The summed E-state index contributed by atoms with van der Waals surface area (Å²) in [7, 11) is 0. The molecule has 2 rings (SSSR count). The quantitative estimate of drug-likeness (QED) is 0.858. The Labute approximate surface area is 105 Å². The van der Waals surface area contributed by atoms with Crippen LogP contribution in [0.3, 0.4) is 0 Å². The summed E-state index contributed by atoms with van der Waals surface area (Å²) in [5.41, 5.74) is 6.43. The summed E-state index contributed by atoms with van der Waals surface area (Å²) in [6, 6.07) is 5.81. The van der Waals surface area contributed by atoms with Crippen LogP contribution in [0.25, 0.3) is 0 Å². The van der Waals surface area contributed by atoms with Gasteiger partial charge < -0.3 is 10.8 Å². The van der Waals surface area contributed by atoms with Crippen molar-refractivity contribution in [3.05, 3.63) is 45.3 Å². The number of nitrogens with zero attached hydrogens (tertiary/aromatic N) is 1. The van der Waals surface area contributed by atoms with Gasteiger partial charge in [-0.25, -0.2) is 4.98 Å². The summed E-state index contributed by atoms with van der Waals surface area (Å²) in [5.74, 6) is 0.381. The van der Waals surface area contributed by atoms with Crippen molar-refractivity contribution in [3.63, 3.8) is 0 Å². The van der Waals surface area contributed by atoms with Gasteiger partial charge in [0.2, 0.25) is 0 Å². The second-order valence-corrected chi connectivity index (χ2v) is 5.72. The minimum absolute atomic E-state index is 0.381. The van der Waals surface area contributed by atoms with Crippen molar-refractivity contribution in [3.8, 4) is 0 Å². The molecule has 0 bridgehead atoms. The lowest BCUT2D eigenvalue weighted by Crippen LogP contribution is -2.23. The summed E-state index contributed by atoms with van der Waals surface area (Å²) in [5, 5.41) is 10.7. The van der Waals surface area contributed by atoms with Crippen molar-refractivity contribution < 1.29 is 5.11 Å². The van der Waals surface area contributed by atoms with E-state index in [4.69, 9.17) is 5.73 Å². The molecular weight excluding hydrogens is 232 g/mol. The summed E-state index contributed by atoms with van der Waals surface area (Å²) in [4.78, 5) is 6.15. The van der Waals surface area contributed by atoms with Gasteiger partial charge in [-0.2, -0.15) is 0 Å². The Kier molecular flexibility index (Phi) is 2.93. The molecule has 1 unspecified atom stereocenters. The Bertz CT molecular complexity index is 546. The highest BCUT2D eigenvalue weighted by molar-refractivity contribution is 7.12. The summed E-state index contributed by atoms with van der Waals surface area (Å²) < 4.78 is 0. The summed E-state index contributed by atoms with van der Waals surface area (Å²) >= 11 is 1.57. The van der Waals surface area contributed by atoms with Gasteiger partial charge in [0.1, 0.15) is 11.4 Å². The molecule has 0 aromatic carbocycles. The number of aromatic nitrogens is 1. The second kappa shape index (κ2) is 4.13. The Morgan fingerprint density at radius 3 is 2.65 bits per heavy atom. The van der Waals surface area contributed by atoms with E-state index in [0.29, 0.717) is 11.4 Å². The molecule has 4 heteroatoms. The lowest BCUT2D eigenvalue weighted by Gasteiger charge is -2.23. The minimum atomic E-state index is -1.08. The van der Waals surface area contributed by atoms with Crippen molar-refractivity contribution in [1.82, 2.24) is 4.98 Å². The van der Waals surface area contributed by atoms with Gasteiger partial charge in [0.05, 0.1) is 0 Å². The third-order valence-corrected chi connectivity index (χ3v) is 4.01. The number of hydrogen-bond acceptors (Lipinski definition) is 4. The highest BCUT2D eigenvalue weighted by Gasteiger charge is 2.30. The fourth-order valence-electron chi connectivity index (χ4n) is 1.80. The topological polar surface area (TPSA) is 59.1 Å². The molecule has 2 aromatic rings. The summed E-state index contributed by atoms with van der Waals surface area (Å²) in [6.45, 7) is 5.71. The first kappa shape index (κ1) is 12.1. The van der Waals surface area contributed by atoms with Gasteiger partial charge in [-0.05, 0) is 44.5 Å². The maximum atomic E-state index is 10.7. The molecular formula is C13H16N2OS. The van der Waals surface area contributed by atoms with E-state index in [0.717, 1.165) is 10.4 Å². The first-order valence-corrected chi connectivity index (χ1v) is 6.25. The van der Waals surface area contributed by atoms with Crippen LogP contribution in [0.1, 0.15) is 27.8 Å². The van der Waals surface area contributed by atoms with E-state index < -0.39 is 5.60 Å². The predicted molar refractivity (Wildman–Crippen MR) is 71.1 cm³/mol. The van der Waals surface area contributed by atoms with Gasteiger partial charge in [-0.15, -0.1) is 11.3 Å². The first-order chi connectivity index (χ1) is 7.91. The molecule has 0 spiro atoms. The normalized spacial score (nSPS) is 14.6. The third-order valence-electron chi connectivity index (χ3n) is 2.80. The molecule has 0 saturated heterocycles. The SMILES string of the molecule is Cc1cnc(N)c(C(C)(O)c2ccc(C)s2)c1. The molecule has 90 valence electrons. The Morgan fingerprint density at radius 2 is 2.06 bits per heavy atom. The number of nitrogens with two attached hydrogens (primary N) is 1. The molecule has 17 heavy (non-hydrogen) atoms. The highest BCUT2D eigenvalue weighted by Crippen LogP contribution is 2.36. The number of aliphatic hydroxyl groups is 1. The molecule has 0 aliphatic carbocycles. The average Bonchev–Trinajstić information content (AvgIpc) is 2.69. The zero-order valence-electron chi connectivity index (χ0n) is 10.2. The number of pyridine rings is 1. The largest absolute Gasteiger partial charge is 0.383 e. The Balaban J connectivity index is 2.54. The Hall–Kier alpha value is -1.39. The van der Waals surface area contributed by atoms with Gasteiger partial charge in [0.25, 0.3) is 0 Å². The standard InChI is InChI=1S/C13H16N2OS/c1-8-6-10(12(14)15-7-8)13(3,16)11-5-4-9(2)17-11/h4-7,16H,1-3H3,(H2,14,15). The van der Waals surface area contributed by atoms with Crippen LogP contribution in [0.15, 0.2) is 24.4 Å². The predicted octanol–water partition coefficient (Wildman–Crippen LogP) is 2.60. The van der Waals surface area contributed by atoms with Crippen LogP contribution in [0.4, 0.5) is 5.82 Å². The molecule has 3 nitrogen and oxygen atoms in total. The highest BCUT2D eigenvalue weighted by atomic mass is 32.1. The number of aryl methyl sites for hydroxylation is 2. The van der Waals surface area contributed by atoms with Gasteiger partial charge >= 0.3 is 0 Å². The number of thiophene rings is 1. The lowest BCUT2D eigenvalue weighted by molar-refractivity contribution is 0.107. The van der Waals surface area contributed by atoms with Crippen molar-refractivity contribution in [1.29, 1.82) is 0 Å². The first-order valence-electron chi connectivity index (χ1n) is 5.43. The van der Waals surface area contributed by atoms with Crippen LogP contribution in [0, 0.1) is 13.8 Å². The maximum Gasteiger partial charge on any atom is 0.129 e. The molecule has 3 N–H and O–H groups in total. The smallest absolute Gasteiger partial charge is 0.129 e. The maximum absolute atomic E-state index is 10.7. The molecule has 0 radical (unpaired) electrons. The van der Waals surface area contributed by atoms with E-state index in [1.165, 1.54) is 4.88 Å². The molecule has 0 saturated carbocycles. The van der Waals surface area contributed by atoms with Gasteiger partial charge in [-0.3, -0.25) is 0 Å². The fourth-order valence-corrected chi connectivity index (χ4v) is 2.73. The molecule has 0 aliphatic rings. The zero-order valence-corrected chi connectivity index (χ0v) is 11.0. The van der Waals surface area contributed by atoms with Crippen LogP contribution in [-0.4, -0.2) is 10.1 Å². The van der Waals surface area contributed by atoms with E-state index >= 15 is 0 Å². The fraction of sp³-hybridized carbons (Fsp3) is 0.308. The van der Waals surface area contributed by atoms with Crippen LogP contribution in [0.2, 0.25) is 0 Å². The molecule has 0 aliphatic heterocycles. The van der Waals surface area contributed by atoms with Crippen molar-refractivity contribution >= 4 is 17.2 Å². The van der Waals surface area contributed by atoms with Crippen LogP contribution < -0.4 is 5.73 Å². The summed E-state index contributed by atoms with van der Waals surface area (Å²) in [6.07, 6.45) is 1.70. The molecule has 0 amide bonds. The minimum Gasteiger partial charge on any atom is -0.383 e. The lowest BCUT2D eigenvalue weighted by atomic mass is 9.94. The van der Waals surface area contributed by atoms with Gasteiger partial charge in [0, 0.05) is 21.5 Å². The van der Waals surface area contributed by atoms with Crippen molar-refractivity contribution in [2.45, 2.75) is 26.4 Å². The molecule has 0 fully saturated rings. The molecule has 2 heterocycles. The van der Waals surface area contributed by atoms with Gasteiger partial charge in [0.15, 0.2) is 0 Å². The van der Waals surface area contributed by atoms with Crippen LogP contribution in [-0.2, 0) is 5.60 Å². The van der Waals surface area contributed by atoms with E-state index in [1.54, 1.807) is 24.5 Å². The average molecular weight is 248 g/mol. The van der Waals surface area contributed by atoms with Crippen molar-refractivity contribution in [2.75, 3.05) is 5.73 Å². The Morgan fingerprint density at radius 1 is 1.35 bits per heavy atom.